The van der Waals surface area contributed by atoms with E-state index < -0.39 is 0 Å². The van der Waals surface area contributed by atoms with Crippen molar-refractivity contribution in [1.29, 1.82) is 0 Å². The highest BCUT2D eigenvalue weighted by molar-refractivity contribution is 6.15. The van der Waals surface area contributed by atoms with Crippen LogP contribution < -0.4 is 0 Å². The Kier molecular flexibility index (Phi) is 7.47. The zero-order valence-electron chi connectivity index (χ0n) is 28.8. The normalized spacial score (nSPS) is 11.4. The van der Waals surface area contributed by atoms with E-state index in [2.05, 4.69) is 182 Å². The maximum absolute atomic E-state index is 6.79. The summed E-state index contributed by atoms with van der Waals surface area (Å²) in [5, 5.41) is 3.16. The van der Waals surface area contributed by atoms with Gasteiger partial charge in [-0.15, -0.1) is 0 Å². The molecule has 0 atom stereocenters. The largest absolute Gasteiger partial charge is 0.451 e. The summed E-state index contributed by atoms with van der Waals surface area (Å²) in [7, 11) is 0. The van der Waals surface area contributed by atoms with Crippen LogP contribution in [0.5, 0.6) is 0 Å². The van der Waals surface area contributed by atoms with Gasteiger partial charge in [0.25, 0.3) is 0 Å². The summed E-state index contributed by atoms with van der Waals surface area (Å²) in [5.41, 5.74) is 14.2. The third-order valence-corrected chi connectivity index (χ3v) is 10.1. The fraction of sp³-hybridized carbons (Fsp3) is 0. The monoisotopic (exact) mass is 676 g/mol. The fourth-order valence-corrected chi connectivity index (χ4v) is 7.40. The molecule has 0 bridgehead atoms. The van der Waals surface area contributed by atoms with Crippen molar-refractivity contribution in [2.24, 2.45) is 0 Å². The molecule has 53 heavy (non-hydrogen) atoms. The Balaban J connectivity index is 1.14. The standard InChI is InChI=1S/C50H32N2O/c1-3-13-33(14-4-1)36-18-9-20-38(29-36)40-22-11-24-42(31-40)46-49-47(45-28-27-35-17-7-8-26-44(35)48(45)53-49)52-50(51-46)43-25-12-23-41(32-43)39-21-10-19-37(30-39)34-15-5-2-6-16-34/h1-32H. The van der Waals surface area contributed by atoms with Gasteiger partial charge >= 0.3 is 0 Å². The third kappa shape index (κ3) is 5.65. The summed E-state index contributed by atoms with van der Waals surface area (Å²) in [4.78, 5) is 10.6. The Hall–Kier alpha value is -7.10. The van der Waals surface area contributed by atoms with Crippen LogP contribution in [0.1, 0.15) is 0 Å². The first-order valence-corrected chi connectivity index (χ1v) is 17.9. The summed E-state index contributed by atoms with van der Waals surface area (Å²) in [5.74, 6) is 0.654. The molecule has 0 saturated heterocycles. The summed E-state index contributed by atoms with van der Waals surface area (Å²) in [6, 6.07) is 68.1. The Labute approximate surface area is 307 Å². The quantitative estimate of drug-likeness (QED) is 0.176. The van der Waals surface area contributed by atoms with E-state index >= 15 is 0 Å². The van der Waals surface area contributed by atoms with E-state index in [0.29, 0.717) is 11.4 Å². The molecule has 3 heteroatoms. The van der Waals surface area contributed by atoms with E-state index in [4.69, 9.17) is 14.4 Å². The molecule has 0 spiro atoms. The highest BCUT2D eigenvalue weighted by Gasteiger charge is 2.20. The molecule has 10 rings (SSSR count). The number of hydrogen-bond acceptors (Lipinski definition) is 3. The second kappa shape index (κ2) is 12.9. The molecule has 8 aromatic carbocycles. The van der Waals surface area contributed by atoms with E-state index in [9.17, 15) is 0 Å². The number of nitrogens with zero attached hydrogens (tertiary/aromatic N) is 2. The molecule has 0 unspecified atom stereocenters. The van der Waals surface area contributed by atoms with Gasteiger partial charge in [-0.3, -0.25) is 0 Å². The number of fused-ring (bicyclic) bond motifs is 5. The minimum Gasteiger partial charge on any atom is -0.451 e. The highest BCUT2D eigenvalue weighted by Crippen LogP contribution is 2.40. The van der Waals surface area contributed by atoms with E-state index in [1.807, 2.05) is 12.1 Å². The SMILES string of the molecule is c1ccc(-c2cccc(-c3cccc(-c4nc(-c5cccc(-c6cccc(-c7ccccc7)c6)c5)c5oc6c7ccccc7ccc6c5n4)c3)c2)cc1. The number of hydrogen-bond donors (Lipinski definition) is 0. The number of aromatic nitrogens is 2. The number of rotatable bonds is 6. The molecule has 0 fully saturated rings. The van der Waals surface area contributed by atoms with Crippen molar-refractivity contribution in [1.82, 2.24) is 9.97 Å². The molecule has 0 aliphatic carbocycles. The molecule has 0 aliphatic rings. The van der Waals surface area contributed by atoms with Gasteiger partial charge in [-0.1, -0.05) is 164 Å². The van der Waals surface area contributed by atoms with Gasteiger partial charge in [0.2, 0.25) is 0 Å². The number of benzene rings is 8. The summed E-state index contributed by atoms with van der Waals surface area (Å²) >= 11 is 0. The van der Waals surface area contributed by atoms with Crippen molar-refractivity contribution in [2.45, 2.75) is 0 Å². The molecular weight excluding hydrogens is 645 g/mol. The molecule has 3 nitrogen and oxygen atoms in total. The van der Waals surface area contributed by atoms with Crippen molar-refractivity contribution >= 4 is 32.8 Å². The van der Waals surface area contributed by atoms with Crippen LogP contribution in [0.3, 0.4) is 0 Å². The predicted molar refractivity (Wildman–Crippen MR) is 219 cm³/mol. The van der Waals surface area contributed by atoms with Crippen LogP contribution in [0, 0.1) is 0 Å². The minimum absolute atomic E-state index is 0.654. The van der Waals surface area contributed by atoms with Crippen molar-refractivity contribution < 1.29 is 4.42 Å². The second-order valence-electron chi connectivity index (χ2n) is 13.4. The summed E-state index contributed by atoms with van der Waals surface area (Å²) in [6.45, 7) is 0. The molecule has 0 aliphatic heterocycles. The molecule has 0 saturated carbocycles. The zero-order valence-corrected chi connectivity index (χ0v) is 28.8. The van der Waals surface area contributed by atoms with Crippen LogP contribution in [0.2, 0.25) is 0 Å². The summed E-state index contributed by atoms with van der Waals surface area (Å²) in [6.07, 6.45) is 0. The van der Waals surface area contributed by atoms with Crippen molar-refractivity contribution in [3.63, 3.8) is 0 Å². The van der Waals surface area contributed by atoms with E-state index in [0.717, 1.165) is 66.3 Å². The van der Waals surface area contributed by atoms with Gasteiger partial charge in [0.1, 0.15) is 16.8 Å². The lowest BCUT2D eigenvalue weighted by molar-refractivity contribution is 0.671. The van der Waals surface area contributed by atoms with E-state index in [-0.39, 0.29) is 0 Å². The van der Waals surface area contributed by atoms with Crippen LogP contribution in [0.4, 0.5) is 0 Å². The van der Waals surface area contributed by atoms with Crippen LogP contribution in [-0.2, 0) is 0 Å². The van der Waals surface area contributed by atoms with Crippen molar-refractivity contribution in [2.75, 3.05) is 0 Å². The molecule has 0 N–H and O–H groups in total. The molecule has 2 heterocycles. The van der Waals surface area contributed by atoms with E-state index in [1.54, 1.807) is 0 Å². The maximum atomic E-state index is 6.79. The minimum atomic E-state index is 0.654. The average Bonchev–Trinajstić information content (AvgIpc) is 3.63. The number of furan rings is 1. The van der Waals surface area contributed by atoms with E-state index in [1.165, 1.54) is 22.3 Å². The predicted octanol–water partition coefficient (Wildman–Crippen LogP) is 13.5. The zero-order chi connectivity index (χ0) is 35.1. The van der Waals surface area contributed by atoms with Crippen LogP contribution in [0.15, 0.2) is 199 Å². The Morgan fingerprint density at radius 2 is 0.755 bits per heavy atom. The molecule has 0 radical (unpaired) electrons. The summed E-state index contributed by atoms with van der Waals surface area (Å²) < 4.78 is 6.79. The topological polar surface area (TPSA) is 38.9 Å². The van der Waals surface area contributed by atoms with Gasteiger partial charge in [0, 0.05) is 21.9 Å². The second-order valence-corrected chi connectivity index (χ2v) is 13.4. The molecule has 248 valence electrons. The highest BCUT2D eigenvalue weighted by atomic mass is 16.3. The lowest BCUT2D eigenvalue weighted by atomic mass is 9.97. The lowest BCUT2D eigenvalue weighted by Crippen LogP contribution is -1.94. The van der Waals surface area contributed by atoms with Gasteiger partial charge in [0.15, 0.2) is 11.4 Å². The first-order valence-electron chi connectivity index (χ1n) is 17.9. The molecule has 10 aromatic rings. The van der Waals surface area contributed by atoms with Gasteiger partial charge in [0.05, 0.1) is 0 Å². The maximum Gasteiger partial charge on any atom is 0.180 e. The first-order chi connectivity index (χ1) is 26.2. The Morgan fingerprint density at radius 1 is 0.302 bits per heavy atom. The Bertz CT molecular complexity index is 2950. The third-order valence-electron chi connectivity index (χ3n) is 10.1. The van der Waals surface area contributed by atoms with Gasteiger partial charge in [-0.25, -0.2) is 9.97 Å². The van der Waals surface area contributed by atoms with Gasteiger partial charge in [-0.2, -0.15) is 0 Å². The van der Waals surface area contributed by atoms with Crippen molar-refractivity contribution in [3.8, 4) is 67.2 Å². The molecule has 0 amide bonds. The molecular formula is C50H32N2O. The average molecular weight is 677 g/mol. The van der Waals surface area contributed by atoms with Crippen LogP contribution in [-0.4, -0.2) is 9.97 Å². The van der Waals surface area contributed by atoms with Gasteiger partial charge < -0.3 is 4.42 Å². The Morgan fingerprint density at radius 3 is 1.36 bits per heavy atom. The van der Waals surface area contributed by atoms with Crippen LogP contribution in [0.25, 0.3) is 100.0 Å². The lowest BCUT2D eigenvalue weighted by Gasteiger charge is -2.11. The van der Waals surface area contributed by atoms with Crippen molar-refractivity contribution in [3.05, 3.63) is 194 Å². The smallest absolute Gasteiger partial charge is 0.180 e. The fourth-order valence-electron chi connectivity index (χ4n) is 7.40. The van der Waals surface area contributed by atoms with Crippen LogP contribution >= 0.6 is 0 Å². The molecule has 2 aromatic heterocycles. The first kappa shape index (κ1) is 30.7. The van der Waals surface area contributed by atoms with Gasteiger partial charge in [-0.05, 0) is 80.2 Å².